The van der Waals surface area contributed by atoms with Gasteiger partial charge in [-0.2, -0.15) is 0 Å². The molecule has 0 radical (unpaired) electrons. The molecule has 0 amide bonds. The van der Waals surface area contributed by atoms with Gasteiger partial charge in [-0.15, -0.1) is 0 Å². The van der Waals surface area contributed by atoms with E-state index in [0.717, 1.165) is 25.2 Å². The highest BCUT2D eigenvalue weighted by Gasteiger charge is 2.11. The molecule has 0 aromatic heterocycles. The largest absolute Gasteiger partial charge is 0.398 e. The van der Waals surface area contributed by atoms with E-state index in [0.29, 0.717) is 0 Å². The van der Waals surface area contributed by atoms with Gasteiger partial charge < -0.3 is 11.1 Å². The van der Waals surface area contributed by atoms with Gasteiger partial charge in [0.2, 0.25) is 0 Å². The van der Waals surface area contributed by atoms with Gasteiger partial charge in [0.15, 0.2) is 0 Å². The smallest absolute Gasteiger partial charge is 0.0349 e. The SMILES string of the molecule is CCc1cc2c(cc1N)CNC2. The minimum atomic E-state index is 0.944. The van der Waals surface area contributed by atoms with E-state index in [1.54, 1.807) is 0 Å². The zero-order chi connectivity index (χ0) is 8.55. The molecule has 3 N–H and O–H groups in total. The molecule has 0 aliphatic carbocycles. The van der Waals surface area contributed by atoms with Gasteiger partial charge in [-0.1, -0.05) is 13.0 Å². The number of nitrogens with one attached hydrogen (secondary N) is 1. The van der Waals surface area contributed by atoms with Crippen LogP contribution in [-0.4, -0.2) is 0 Å². The highest BCUT2D eigenvalue weighted by molar-refractivity contribution is 5.53. The van der Waals surface area contributed by atoms with Gasteiger partial charge in [0.1, 0.15) is 0 Å². The van der Waals surface area contributed by atoms with E-state index in [1.807, 2.05) is 0 Å². The van der Waals surface area contributed by atoms with Crippen LogP contribution in [0.2, 0.25) is 0 Å². The molecule has 0 atom stereocenters. The van der Waals surface area contributed by atoms with Crippen molar-refractivity contribution in [2.75, 3.05) is 5.73 Å². The average Bonchev–Trinajstić information content (AvgIpc) is 2.49. The Morgan fingerprint density at radius 1 is 1.33 bits per heavy atom. The van der Waals surface area contributed by atoms with E-state index in [4.69, 9.17) is 5.73 Å². The molecule has 12 heavy (non-hydrogen) atoms. The molecule has 64 valence electrons. The van der Waals surface area contributed by atoms with Crippen LogP contribution in [0.25, 0.3) is 0 Å². The number of fused-ring (bicyclic) bond motifs is 1. The molecule has 1 aliphatic heterocycles. The molecule has 2 nitrogen and oxygen atoms in total. The molecule has 1 aromatic rings. The predicted molar refractivity (Wildman–Crippen MR) is 50.8 cm³/mol. The van der Waals surface area contributed by atoms with E-state index in [9.17, 15) is 0 Å². The lowest BCUT2D eigenvalue weighted by Gasteiger charge is -2.05. The van der Waals surface area contributed by atoms with E-state index in [-0.39, 0.29) is 0 Å². The van der Waals surface area contributed by atoms with Crippen LogP contribution >= 0.6 is 0 Å². The maximum Gasteiger partial charge on any atom is 0.0349 e. The zero-order valence-corrected chi connectivity index (χ0v) is 7.35. The second kappa shape index (κ2) is 2.79. The fourth-order valence-corrected chi connectivity index (χ4v) is 1.73. The van der Waals surface area contributed by atoms with Crippen molar-refractivity contribution in [2.24, 2.45) is 0 Å². The summed E-state index contributed by atoms with van der Waals surface area (Å²) in [6, 6.07) is 4.33. The van der Waals surface area contributed by atoms with Crippen molar-refractivity contribution in [1.82, 2.24) is 5.32 Å². The molecule has 1 aliphatic rings. The Hall–Kier alpha value is -1.02. The Bertz CT molecular complexity index is 304. The molecule has 0 saturated carbocycles. The van der Waals surface area contributed by atoms with E-state index < -0.39 is 0 Å². The van der Waals surface area contributed by atoms with Gasteiger partial charge >= 0.3 is 0 Å². The quantitative estimate of drug-likeness (QED) is 0.613. The van der Waals surface area contributed by atoms with Crippen LogP contribution in [0.4, 0.5) is 5.69 Å². The van der Waals surface area contributed by atoms with Gasteiger partial charge in [-0.05, 0) is 29.2 Å². The lowest BCUT2D eigenvalue weighted by atomic mass is 10.0. The number of anilines is 1. The number of benzene rings is 1. The van der Waals surface area contributed by atoms with Crippen molar-refractivity contribution >= 4 is 5.69 Å². The van der Waals surface area contributed by atoms with E-state index >= 15 is 0 Å². The van der Waals surface area contributed by atoms with Crippen LogP contribution in [0.15, 0.2) is 12.1 Å². The van der Waals surface area contributed by atoms with Crippen LogP contribution in [-0.2, 0) is 19.5 Å². The van der Waals surface area contributed by atoms with Gasteiger partial charge in [-0.25, -0.2) is 0 Å². The molecule has 2 rings (SSSR count). The van der Waals surface area contributed by atoms with Crippen molar-refractivity contribution in [2.45, 2.75) is 26.4 Å². The number of hydrogen-bond acceptors (Lipinski definition) is 2. The van der Waals surface area contributed by atoms with Crippen LogP contribution < -0.4 is 11.1 Å². The number of nitrogen functional groups attached to an aromatic ring is 1. The number of nitrogens with two attached hydrogens (primary N) is 1. The van der Waals surface area contributed by atoms with Gasteiger partial charge in [0, 0.05) is 18.8 Å². The summed E-state index contributed by atoms with van der Waals surface area (Å²) in [5.74, 6) is 0. The Labute approximate surface area is 72.8 Å². The molecular formula is C10H14N2. The summed E-state index contributed by atoms with van der Waals surface area (Å²) in [5, 5.41) is 3.31. The van der Waals surface area contributed by atoms with Gasteiger partial charge in [0.25, 0.3) is 0 Å². The molecule has 0 bridgehead atoms. The van der Waals surface area contributed by atoms with Crippen molar-refractivity contribution in [3.05, 3.63) is 28.8 Å². The second-order valence-corrected chi connectivity index (χ2v) is 3.28. The second-order valence-electron chi connectivity index (χ2n) is 3.28. The first-order chi connectivity index (χ1) is 5.81. The minimum absolute atomic E-state index is 0.944. The molecule has 0 spiro atoms. The number of rotatable bonds is 1. The van der Waals surface area contributed by atoms with Crippen LogP contribution in [0, 0.1) is 0 Å². The predicted octanol–water partition coefficient (Wildman–Crippen LogP) is 1.43. The summed E-state index contributed by atoms with van der Waals surface area (Å²) >= 11 is 0. The van der Waals surface area contributed by atoms with Crippen molar-refractivity contribution in [1.29, 1.82) is 0 Å². The highest BCUT2D eigenvalue weighted by atomic mass is 14.9. The standard InChI is InChI=1S/C10H14N2/c1-2-7-3-8-5-12-6-9(8)4-10(7)11/h3-4,12H,2,5-6,11H2,1H3. The molecule has 2 heteroatoms. The van der Waals surface area contributed by atoms with Crippen molar-refractivity contribution < 1.29 is 0 Å². The maximum absolute atomic E-state index is 5.88. The fraction of sp³-hybridized carbons (Fsp3) is 0.400. The minimum Gasteiger partial charge on any atom is -0.398 e. The monoisotopic (exact) mass is 162 g/mol. The first-order valence-electron chi connectivity index (χ1n) is 4.42. The molecule has 0 fully saturated rings. The van der Waals surface area contributed by atoms with E-state index in [1.165, 1.54) is 16.7 Å². The van der Waals surface area contributed by atoms with Crippen molar-refractivity contribution in [3.8, 4) is 0 Å². The Morgan fingerprint density at radius 2 is 2.00 bits per heavy atom. The molecule has 1 aromatic carbocycles. The molecule has 0 unspecified atom stereocenters. The number of hydrogen-bond donors (Lipinski definition) is 2. The van der Waals surface area contributed by atoms with Gasteiger partial charge in [-0.3, -0.25) is 0 Å². The molecule has 1 heterocycles. The maximum atomic E-state index is 5.88. The fourth-order valence-electron chi connectivity index (χ4n) is 1.73. The molecular weight excluding hydrogens is 148 g/mol. The summed E-state index contributed by atoms with van der Waals surface area (Å²) < 4.78 is 0. The lowest BCUT2D eigenvalue weighted by Crippen LogP contribution is -1.99. The van der Waals surface area contributed by atoms with Crippen LogP contribution in [0.5, 0.6) is 0 Å². The summed E-state index contributed by atoms with van der Waals surface area (Å²) in [6.45, 7) is 4.12. The third-order valence-electron chi connectivity index (χ3n) is 2.47. The van der Waals surface area contributed by atoms with E-state index in [2.05, 4.69) is 24.4 Å². The average molecular weight is 162 g/mol. The number of aryl methyl sites for hydroxylation is 1. The Kier molecular flexibility index (Phi) is 1.77. The molecule has 0 saturated heterocycles. The first kappa shape index (κ1) is 7.62. The topological polar surface area (TPSA) is 38.0 Å². The van der Waals surface area contributed by atoms with Crippen molar-refractivity contribution in [3.63, 3.8) is 0 Å². The first-order valence-corrected chi connectivity index (χ1v) is 4.42. The van der Waals surface area contributed by atoms with Crippen LogP contribution in [0.1, 0.15) is 23.6 Å². The normalized spacial score (nSPS) is 14.8. The third kappa shape index (κ3) is 1.08. The summed E-state index contributed by atoms with van der Waals surface area (Å²) in [4.78, 5) is 0. The third-order valence-corrected chi connectivity index (χ3v) is 2.47. The lowest BCUT2D eigenvalue weighted by molar-refractivity contribution is 0.764. The zero-order valence-electron chi connectivity index (χ0n) is 7.35. The Balaban J connectivity index is 2.49. The highest BCUT2D eigenvalue weighted by Crippen LogP contribution is 2.22. The summed E-state index contributed by atoms with van der Waals surface area (Å²) in [6.07, 6.45) is 1.03. The van der Waals surface area contributed by atoms with Crippen LogP contribution in [0.3, 0.4) is 0 Å². The Morgan fingerprint density at radius 3 is 2.67 bits per heavy atom. The summed E-state index contributed by atoms with van der Waals surface area (Å²) in [7, 11) is 0. The summed E-state index contributed by atoms with van der Waals surface area (Å²) in [5.41, 5.74) is 10.9. The van der Waals surface area contributed by atoms with Gasteiger partial charge in [0.05, 0.1) is 0 Å².